The van der Waals surface area contributed by atoms with Gasteiger partial charge in [0.05, 0.1) is 4.92 Å². The Balaban J connectivity index is 1.78. The molecule has 25 heavy (non-hydrogen) atoms. The number of guanidine groups is 1. The second-order valence-corrected chi connectivity index (χ2v) is 5.48. The van der Waals surface area contributed by atoms with E-state index >= 15 is 0 Å². The molecule has 0 aromatic heterocycles. The molecule has 0 aliphatic heterocycles. The molecule has 2 aromatic carbocycles. The maximum absolute atomic E-state index is 11.0. The van der Waals surface area contributed by atoms with E-state index in [1.807, 2.05) is 12.1 Å². The number of benzene rings is 2. The van der Waals surface area contributed by atoms with Gasteiger partial charge in [-0.05, 0) is 24.1 Å². The summed E-state index contributed by atoms with van der Waals surface area (Å²) in [6.07, 6.45) is 0. The van der Waals surface area contributed by atoms with Gasteiger partial charge >= 0.3 is 0 Å². The van der Waals surface area contributed by atoms with E-state index in [-0.39, 0.29) is 5.69 Å². The highest BCUT2D eigenvalue weighted by atomic mass is 16.6. The van der Waals surface area contributed by atoms with Crippen LogP contribution >= 0.6 is 0 Å². The van der Waals surface area contributed by atoms with Gasteiger partial charge in [-0.25, -0.2) is 0 Å². The Morgan fingerprint density at radius 2 is 1.80 bits per heavy atom. The number of anilines is 1. The molecule has 0 aliphatic carbocycles. The molecule has 0 spiro atoms. The maximum atomic E-state index is 11.0. The molecule has 0 fully saturated rings. The molecule has 132 valence electrons. The van der Waals surface area contributed by atoms with Gasteiger partial charge in [0.15, 0.2) is 5.96 Å². The first-order valence-electron chi connectivity index (χ1n) is 8.08. The SMILES string of the molecule is CN=C(NCCNc1ccccc1[N+](=O)[O-])NCc1ccccc1C. The van der Waals surface area contributed by atoms with E-state index in [1.54, 1.807) is 25.2 Å². The molecule has 0 radical (unpaired) electrons. The minimum atomic E-state index is -0.390. The van der Waals surface area contributed by atoms with Crippen LogP contribution < -0.4 is 16.0 Å². The van der Waals surface area contributed by atoms with Gasteiger partial charge in [-0.3, -0.25) is 15.1 Å². The molecule has 0 saturated carbocycles. The van der Waals surface area contributed by atoms with Crippen LogP contribution in [0.2, 0.25) is 0 Å². The number of nitrogens with zero attached hydrogens (tertiary/aromatic N) is 2. The van der Waals surface area contributed by atoms with Crippen molar-refractivity contribution in [2.45, 2.75) is 13.5 Å². The molecular formula is C18H23N5O2. The first kappa shape index (κ1) is 18.3. The zero-order valence-corrected chi connectivity index (χ0v) is 14.5. The van der Waals surface area contributed by atoms with Crippen molar-refractivity contribution >= 4 is 17.3 Å². The van der Waals surface area contributed by atoms with E-state index in [0.717, 1.165) is 0 Å². The fourth-order valence-electron chi connectivity index (χ4n) is 2.37. The number of aliphatic imine (C=N–C) groups is 1. The molecule has 0 heterocycles. The van der Waals surface area contributed by atoms with Crippen LogP contribution in [-0.4, -0.2) is 31.0 Å². The smallest absolute Gasteiger partial charge is 0.292 e. The third-order valence-corrected chi connectivity index (χ3v) is 3.76. The van der Waals surface area contributed by atoms with Gasteiger partial charge in [0, 0.05) is 32.7 Å². The van der Waals surface area contributed by atoms with Crippen LogP contribution in [0.4, 0.5) is 11.4 Å². The predicted molar refractivity (Wildman–Crippen MR) is 101 cm³/mol. The van der Waals surface area contributed by atoms with Gasteiger partial charge in [0.2, 0.25) is 0 Å². The van der Waals surface area contributed by atoms with E-state index in [9.17, 15) is 10.1 Å². The third kappa shape index (κ3) is 5.49. The monoisotopic (exact) mass is 341 g/mol. The number of aryl methyl sites for hydroxylation is 1. The van der Waals surface area contributed by atoms with Crippen molar-refractivity contribution in [2.75, 3.05) is 25.5 Å². The molecule has 0 atom stereocenters. The Kier molecular flexibility index (Phi) is 6.76. The average Bonchev–Trinajstić information content (AvgIpc) is 2.62. The number of para-hydroxylation sites is 2. The lowest BCUT2D eigenvalue weighted by Crippen LogP contribution is -2.39. The molecule has 0 amide bonds. The van der Waals surface area contributed by atoms with E-state index in [1.165, 1.54) is 17.2 Å². The highest BCUT2D eigenvalue weighted by Gasteiger charge is 2.11. The molecule has 3 N–H and O–H groups in total. The van der Waals surface area contributed by atoms with Crippen LogP contribution in [0.25, 0.3) is 0 Å². The zero-order chi connectivity index (χ0) is 18.1. The highest BCUT2D eigenvalue weighted by Crippen LogP contribution is 2.22. The minimum absolute atomic E-state index is 0.0737. The number of nitrogens with one attached hydrogen (secondary N) is 3. The largest absolute Gasteiger partial charge is 0.378 e. The lowest BCUT2D eigenvalue weighted by molar-refractivity contribution is -0.384. The van der Waals surface area contributed by atoms with Crippen LogP contribution in [0.5, 0.6) is 0 Å². The second-order valence-electron chi connectivity index (χ2n) is 5.48. The lowest BCUT2D eigenvalue weighted by Gasteiger charge is -2.13. The molecule has 0 unspecified atom stereocenters. The van der Waals surface area contributed by atoms with Crippen LogP contribution in [0, 0.1) is 17.0 Å². The number of nitro groups is 1. The Hall–Kier alpha value is -3.09. The quantitative estimate of drug-likeness (QED) is 0.237. The highest BCUT2D eigenvalue weighted by molar-refractivity contribution is 5.79. The van der Waals surface area contributed by atoms with Crippen LogP contribution in [0.1, 0.15) is 11.1 Å². The van der Waals surface area contributed by atoms with Gasteiger partial charge in [-0.15, -0.1) is 0 Å². The molecule has 0 bridgehead atoms. The Morgan fingerprint density at radius 3 is 2.52 bits per heavy atom. The average molecular weight is 341 g/mol. The molecule has 7 nitrogen and oxygen atoms in total. The van der Waals surface area contributed by atoms with Gasteiger partial charge in [-0.1, -0.05) is 36.4 Å². The Morgan fingerprint density at radius 1 is 1.08 bits per heavy atom. The van der Waals surface area contributed by atoms with E-state index in [4.69, 9.17) is 0 Å². The first-order chi connectivity index (χ1) is 12.1. The van der Waals surface area contributed by atoms with E-state index < -0.39 is 4.92 Å². The standard InChI is InChI=1S/C18H23N5O2/c1-14-7-3-4-8-15(14)13-22-18(19-2)21-12-11-20-16-9-5-6-10-17(16)23(24)25/h3-10,20H,11-13H2,1-2H3,(H2,19,21,22). The summed E-state index contributed by atoms with van der Waals surface area (Å²) in [7, 11) is 1.71. The molecule has 2 rings (SSSR count). The van der Waals surface area contributed by atoms with Gasteiger partial charge in [0.25, 0.3) is 5.69 Å². The second kappa shape index (κ2) is 9.27. The van der Waals surface area contributed by atoms with Gasteiger partial charge in [0.1, 0.15) is 5.69 Å². The summed E-state index contributed by atoms with van der Waals surface area (Å²) in [5, 5.41) is 20.5. The normalized spacial score (nSPS) is 11.0. The third-order valence-electron chi connectivity index (χ3n) is 3.76. The Bertz CT molecular complexity index is 746. The van der Waals surface area contributed by atoms with Crippen molar-refractivity contribution in [3.8, 4) is 0 Å². The fraction of sp³-hybridized carbons (Fsp3) is 0.278. The number of nitro benzene ring substituents is 1. The van der Waals surface area contributed by atoms with Crippen molar-refractivity contribution in [3.05, 3.63) is 69.8 Å². The summed E-state index contributed by atoms with van der Waals surface area (Å²) < 4.78 is 0. The summed E-state index contributed by atoms with van der Waals surface area (Å²) in [5.41, 5.74) is 3.02. The summed E-state index contributed by atoms with van der Waals surface area (Å²) in [6.45, 7) is 3.88. The van der Waals surface area contributed by atoms with Crippen LogP contribution in [0.3, 0.4) is 0 Å². The van der Waals surface area contributed by atoms with Gasteiger partial charge < -0.3 is 16.0 Å². The molecular weight excluding hydrogens is 318 g/mol. The van der Waals surface area contributed by atoms with Crippen molar-refractivity contribution < 1.29 is 4.92 Å². The summed E-state index contributed by atoms with van der Waals surface area (Å²) in [6, 6.07) is 14.8. The predicted octanol–water partition coefficient (Wildman–Crippen LogP) is 2.68. The fourth-order valence-corrected chi connectivity index (χ4v) is 2.37. The zero-order valence-electron chi connectivity index (χ0n) is 14.5. The molecule has 0 saturated heterocycles. The van der Waals surface area contributed by atoms with Crippen LogP contribution in [0.15, 0.2) is 53.5 Å². The summed E-state index contributed by atoms with van der Waals surface area (Å²) in [4.78, 5) is 14.8. The van der Waals surface area contributed by atoms with Gasteiger partial charge in [-0.2, -0.15) is 0 Å². The van der Waals surface area contributed by atoms with Crippen molar-refractivity contribution in [1.29, 1.82) is 0 Å². The lowest BCUT2D eigenvalue weighted by atomic mass is 10.1. The maximum Gasteiger partial charge on any atom is 0.292 e. The number of hydrogen-bond donors (Lipinski definition) is 3. The minimum Gasteiger partial charge on any atom is -0.378 e. The topological polar surface area (TPSA) is 91.6 Å². The first-order valence-corrected chi connectivity index (χ1v) is 8.08. The van der Waals surface area contributed by atoms with Crippen molar-refractivity contribution in [3.63, 3.8) is 0 Å². The molecule has 2 aromatic rings. The van der Waals surface area contributed by atoms with Crippen LogP contribution in [-0.2, 0) is 6.54 Å². The van der Waals surface area contributed by atoms with Crippen molar-refractivity contribution in [1.82, 2.24) is 10.6 Å². The number of hydrogen-bond acceptors (Lipinski definition) is 4. The molecule has 7 heteroatoms. The number of rotatable bonds is 7. The summed E-state index contributed by atoms with van der Waals surface area (Å²) >= 11 is 0. The Labute approximate surface area is 147 Å². The molecule has 0 aliphatic rings. The van der Waals surface area contributed by atoms with E-state index in [0.29, 0.717) is 31.3 Å². The van der Waals surface area contributed by atoms with Crippen molar-refractivity contribution in [2.24, 2.45) is 4.99 Å². The summed E-state index contributed by atoms with van der Waals surface area (Å²) in [5.74, 6) is 0.688. The van der Waals surface area contributed by atoms with E-state index in [2.05, 4.69) is 40.0 Å².